The Morgan fingerprint density at radius 1 is 0.966 bits per heavy atom. The van der Waals surface area contributed by atoms with Crippen LogP contribution < -0.4 is 5.73 Å². The van der Waals surface area contributed by atoms with Crippen LogP contribution in [0.2, 0.25) is 0 Å². The van der Waals surface area contributed by atoms with Gasteiger partial charge in [0.1, 0.15) is 11.6 Å². The van der Waals surface area contributed by atoms with Crippen molar-refractivity contribution < 1.29 is 26.3 Å². The molecular weight excluding hydrogens is 400 g/mol. The fourth-order valence-electron chi connectivity index (χ4n) is 4.42. The van der Waals surface area contributed by atoms with E-state index in [1.807, 2.05) is 4.90 Å². The highest BCUT2D eigenvalue weighted by Crippen LogP contribution is 2.37. The predicted octanol–water partition coefficient (Wildman–Crippen LogP) is 3.19. The largest absolute Gasteiger partial charge is 0.451 e. The topological polar surface area (TPSA) is 60.0 Å². The van der Waals surface area contributed by atoms with E-state index in [1.54, 1.807) is 0 Å². The Morgan fingerprint density at radius 2 is 1.69 bits per heavy atom. The first kappa shape index (κ1) is 20.1. The molecule has 0 spiro atoms. The monoisotopic (exact) mass is 419 g/mol. The summed E-state index contributed by atoms with van der Waals surface area (Å²) in [7, 11) is 0. The summed E-state index contributed by atoms with van der Waals surface area (Å²) >= 11 is 0. The highest BCUT2D eigenvalue weighted by Gasteiger charge is 2.41. The van der Waals surface area contributed by atoms with Crippen molar-refractivity contribution in [3.05, 3.63) is 46.8 Å². The quantitative estimate of drug-likeness (QED) is 0.600. The van der Waals surface area contributed by atoms with Crippen LogP contribution in [-0.4, -0.2) is 38.3 Å². The summed E-state index contributed by atoms with van der Waals surface area (Å²) in [4.78, 5) is 2.00. The lowest BCUT2D eigenvalue weighted by molar-refractivity contribution is -0.148. The van der Waals surface area contributed by atoms with Gasteiger partial charge in [0, 0.05) is 37.2 Å². The number of halogens is 6. The first-order chi connectivity index (χ1) is 13.6. The molecule has 0 radical (unpaired) electrons. The first-order valence-electron chi connectivity index (χ1n) is 9.28. The number of hydrogen-bond donors (Lipinski definition) is 1. The van der Waals surface area contributed by atoms with Crippen LogP contribution in [-0.2, 0) is 19.3 Å². The standard InChI is InChI=1S/C18H19F6N5/c19-12-7-14(21)13(20)6-11(12)10-2-1-9(5-15(10)25)28-3-4-29-16(8-28)26-27-17(29)18(22,23)24/h6-7,9-10,15H,1-5,8,25H2/t9-,10?,15+/m1/s1. The van der Waals surface area contributed by atoms with Crippen LogP contribution in [0, 0.1) is 17.5 Å². The molecule has 0 saturated heterocycles. The van der Waals surface area contributed by atoms with Gasteiger partial charge in [-0.1, -0.05) is 0 Å². The van der Waals surface area contributed by atoms with E-state index in [2.05, 4.69) is 10.2 Å². The predicted molar refractivity (Wildman–Crippen MR) is 90.1 cm³/mol. The van der Waals surface area contributed by atoms with Gasteiger partial charge in [0.25, 0.3) is 0 Å². The van der Waals surface area contributed by atoms with Gasteiger partial charge in [0.2, 0.25) is 5.82 Å². The molecule has 2 aromatic rings. The average Bonchev–Trinajstić information content (AvgIpc) is 3.08. The molecule has 1 aromatic carbocycles. The van der Waals surface area contributed by atoms with Gasteiger partial charge >= 0.3 is 6.18 Å². The molecule has 2 N–H and O–H groups in total. The molecule has 2 aliphatic rings. The number of nitrogens with zero attached hydrogens (tertiary/aromatic N) is 4. The first-order valence-corrected chi connectivity index (χ1v) is 9.28. The summed E-state index contributed by atoms with van der Waals surface area (Å²) in [5.74, 6) is -4.40. The van der Waals surface area contributed by atoms with Crippen LogP contribution in [0.1, 0.15) is 42.4 Å². The van der Waals surface area contributed by atoms with E-state index in [0.29, 0.717) is 31.9 Å². The molecule has 1 aromatic heterocycles. The number of nitrogens with two attached hydrogens (primary N) is 1. The summed E-state index contributed by atoms with van der Waals surface area (Å²) < 4.78 is 80.8. The average molecular weight is 419 g/mol. The molecule has 1 saturated carbocycles. The molecule has 3 atom stereocenters. The smallest absolute Gasteiger partial charge is 0.327 e. The third-order valence-electron chi connectivity index (χ3n) is 5.86. The zero-order valence-electron chi connectivity index (χ0n) is 15.3. The van der Waals surface area contributed by atoms with Gasteiger partial charge in [-0.05, 0) is 30.9 Å². The zero-order chi connectivity index (χ0) is 20.9. The lowest BCUT2D eigenvalue weighted by Gasteiger charge is -2.41. The van der Waals surface area contributed by atoms with Gasteiger partial charge < -0.3 is 10.3 Å². The van der Waals surface area contributed by atoms with Gasteiger partial charge in [0.15, 0.2) is 11.6 Å². The molecule has 29 heavy (non-hydrogen) atoms. The maximum Gasteiger partial charge on any atom is 0.451 e. The number of fused-ring (bicyclic) bond motifs is 1. The van der Waals surface area contributed by atoms with Crippen molar-refractivity contribution in [3.63, 3.8) is 0 Å². The number of rotatable bonds is 2. The van der Waals surface area contributed by atoms with E-state index < -0.39 is 41.4 Å². The fraction of sp³-hybridized carbons (Fsp3) is 0.556. The Kier molecular flexibility index (Phi) is 5.06. The molecule has 2 heterocycles. The van der Waals surface area contributed by atoms with Crippen molar-refractivity contribution in [3.8, 4) is 0 Å². The van der Waals surface area contributed by atoms with Crippen molar-refractivity contribution in [2.45, 2.75) is 56.5 Å². The fourth-order valence-corrected chi connectivity index (χ4v) is 4.42. The van der Waals surface area contributed by atoms with Crippen LogP contribution >= 0.6 is 0 Å². The highest BCUT2D eigenvalue weighted by molar-refractivity contribution is 5.26. The second-order valence-electron chi connectivity index (χ2n) is 7.58. The van der Waals surface area contributed by atoms with E-state index >= 15 is 0 Å². The number of alkyl halides is 3. The molecule has 1 unspecified atom stereocenters. The molecule has 1 fully saturated rings. The molecule has 4 rings (SSSR count). The third-order valence-corrected chi connectivity index (χ3v) is 5.86. The van der Waals surface area contributed by atoms with Crippen molar-refractivity contribution >= 4 is 0 Å². The van der Waals surface area contributed by atoms with Gasteiger partial charge in [-0.3, -0.25) is 4.90 Å². The van der Waals surface area contributed by atoms with Crippen LogP contribution in [0.5, 0.6) is 0 Å². The minimum Gasteiger partial charge on any atom is -0.327 e. The molecule has 0 amide bonds. The van der Waals surface area contributed by atoms with Crippen molar-refractivity contribution in [1.29, 1.82) is 0 Å². The summed E-state index contributed by atoms with van der Waals surface area (Å²) in [5.41, 5.74) is 6.29. The van der Waals surface area contributed by atoms with E-state index in [9.17, 15) is 26.3 Å². The maximum atomic E-state index is 14.1. The maximum absolute atomic E-state index is 14.1. The highest BCUT2D eigenvalue weighted by atomic mass is 19.4. The van der Waals surface area contributed by atoms with Gasteiger partial charge in [0.05, 0.1) is 6.54 Å². The van der Waals surface area contributed by atoms with E-state index in [0.717, 1.165) is 10.6 Å². The van der Waals surface area contributed by atoms with Crippen molar-refractivity contribution in [1.82, 2.24) is 19.7 Å². The summed E-state index contributed by atoms with van der Waals surface area (Å²) in [6, 6.07) is 0.879. The van der Waals surface area contributed by atoms with Gasteiger partial charge in [-0.15, -0.1) is 10.2 Å². The van der Waals surface area contributed by atoms with Crippen molar-refractivity contribution in [2.75, 3.05) is 6.54 Å². The Morgan fingerprint density at radius 3 is 2.38 bits per heavy atom. The van der Waals surface area contributed by atoms with E-state index in [1.165, 1.54) is 0 Å². The SMILES string of the molecule is N[C@H]1C[C@H](N2CCn3c(nnc3C(F)(F)F)C2)CCC1c1cc(F)c(F)cc1F. The van der Waals surface area contributed by atoms with Gasteiger partial charge in [-0.25, -0.2) is 13.2 Å². The molecule has 1 aliphatic carbocycles. The molecule has 1 aliphatic heterocycles. The minimum atomic E-state index is -4.55. The number of hydrogen-bond acceptors (Lipinski definition) is 4. The van der Waals surface area contributed by atoms with Gasteiger partial charge in [-0.2, -0.15) is 13.2 Å². The van der Waals surface area contributed by atoms with Crippen molar-refractivity contribution in [2.24, 2.45) is 5.73 Å². The summed E-state index contributed by atoms with van der Waals surface area (Å²) in [5, 5.41) is 6.94. The lowest BCUT2D eigenvalue weighted by atomic mass is 9.77. The Bertz CT molecular complexity index is 911. The van der Waals surface area contributed by atoms with E-state index in [-0.39, 0.29) is 30.5 Å². The second-order valence-corrected chi connectivity index (χ2v) is 7.58. The van der Waals surface area contributed by atoms with Crippen LogP contribution in [0.3, 0.4) is 0 Å². The second kappa shape index (κ2) is 7.28. The van der Waals surface area contributed by atoms with E-state index in [4.69, 9.17) is 5.73 Å². The summed E-state index contributed by atoms with van der Waals surface area (Å²) in [6.45, 7) is 0.713. The Balaban J connectivity index is 1.46. The number of benzene rings is 1. The summed E-state index contributed by atoms with van der Waals surface area (Å²) in [6.07, 6.45) is -3.02. The molecule has 0 bridgehead atoms. The molecular formula is C18H19F6N5. The number of aromatic nitrogens is 3. The molecule has 158 valence electrons. The third kappa shape index (κ3) is 3.73. The normalized spacial score (nSPS) is 25.8. The molecule has 11 heteroatoms. The molecule has 5 nitrogen and oxygen atoms in total. The minimum absolute atomic E-state index is 0.0191. The van der Waals surface area contributed by atoms with Crippen LogP contribution in [0.4, 0.5) is 26.3 Å². The Labute approximate surface area is 162 Å². The Hall–Kier alpha value is -2.14. The van der Waals surface area contributed by atoms with Crippen LogP contribution in [0.25, 0.3) is 0 Å². The lowest BCUT2D eigenvalue weighted by Crippen LogP contribution is -2.48. The van der Waals surface area contributed by atoms with Crippen LogP contribution in [0.15, 0.2) is 12.1 Å². The zero-order valence-corrected chi connectivity index (χ0v) is 15.3.